The van der Waals surface area contributed by atoms with Crippen LogP contribution in [0.5, 0.6) is 0 Å². The molecule has 0 aliphatic heterocycles. The van der Waals surface area contributed by atoms with Crippen LogP contribution in [-0.2, 0) is 0 Å². The Labute approximate surface area is 122 Å². The predicted octanol–water partition coefficient (Wildman–Crippen LogP) is 2.14. The zero-order chi connectivity index (χ0) is 15.6. The fourth-order valence-corrected chi connectivity index (χ4v) is 2.26. The highest BCUT2D eigenvalue weighted by Crippen LogP contribution is 2.42. The van der Waals surface area contributed by atoms with Gasteiger partial charge in [-0.2, -0.15) is 0 Å². The van der Waals surface area contributed by atoms with Crippen LogP contribution in [0.4, 0.5) is 13.6 Å². The molecule has 4 unspecified atom stereocenters. The molecule has 0 aromatic heterocycles. The molecule has 0 heterocycles. The summed E-state index contributed by atoms with van der Waals surface area (Å²) in [5, 5.41) is 14.4. The molecule has 1 aromatic carbocycles. The number of amides is 2. The third kappa shape index (κ3) is 3.69. The van der Waals surface area contributed by atoms with Crippen molar-refractivity contribution in [3.63, 3.8) is 0 Å². The van der Waals surface area contributed by atoms with E-state index in [-0.39, 0.29) is 42.1 Å². The van der Waals surface area contributed by atoms with E-state index in [4.69, 9.17) is 5.11 Å². The summed E-state index contributed by atoms with van der Waals surface area (Å²) in [6.07, 6.45) is 0.523. The second-order valence-electron chi connectivity index (χ2n) is 5.65. The van der Waals surface area contributed by atoms with Crippen molar-refractivity contribution in [3.05, 3.63) is 35.4 Å². The van der Waals surface area contributed by atoms with Crippen LogP contribution >= 0.6 is 0 Å². The Balaban J connectivity index is 1.88. The molecule has 4 atom stereocenters. The maximum atomic E-state index is 13.6. The quantitative estimate of drug-likeness (QED) is 0.780. The number of rotatable bonds is 5. The minimum Gasteiger partial charge on any atom is -0.396 e. The number of aliphatic hydroxyl groups is 1. The highest BCUT2D eigenvalue weighted by molar-refractivity contribution is 5.75. The average molecular weight is 298 g/mol. The number of aliphatic hydroxyl groups excluding tert-OH is 1. The van der Waals surface area contributed by atoms with Crippen LogP contribution in [0.1, 0.15) is 31.7 Å². The first-order chi connectivity index (χ1) is 9.93. The first-order valence-electron chi connectivity index (χ1n) is 7.05. The largest absolute Gasteiger partial charge is 0.396 e. The fourth-order valence-electron chi connectivity index (χ4n) is 2.26. The Morgan fingerprint density at radius 1 is 1.38 bits per heavy atom. The van der Waals surface area contributed by atoms with Crippen molar-refractivity contribution < 1.29 is 18.7 Å². The zero-order valence-electron chi connectivity index (χ0n) is 12.1. The van der Waals surface area contributed by atoms with E-state index in [0.717, 1.165) is 0 Å². The second kappa shape index (κ2) is 6.39. The lowest BCUT2D eigenvalue weighted by Crippen LogP contribution is -2.45. The molecule has 116 valence electrons. The highest BCUT2D eigenvalue weighted by atomic mass is 19.1. The monoisotopic (exact) mass is 298 g/mol. The van der Waals surface area contributed by atoms with E-state index in [9.17, 15) is 13.6 Å². The Morgan fingerprint density at radius 2 is 2.00 bits per heavy atom. The highest BCUT2D eigenvalue weighted by Gasteiger charge is 2.42. The normalized spacial score (nSPS) is 23.3. The van der Waals surface area contributed by atoms with Crippen molar-refractivity contribution in [1.29, 1.82) is 0 Å². The third-order valence-corrected chi connectivity index (χ3v) is 3.98. The van der Waals surface area contributed by atoms with E-state index in [2.05, 4.69) is 10.6 Å². The number of carbonyl (C=O) groups excluding carboxylic acids is 1. The topological polar surface area (TPSA) is 61.4 Å². The van der Waals surface area contributed by atoms with Gasteiger partial charge in [-0.1, -0.05) is 13.0 Å². The second-order valence-corrected chi connectivity index (χ2v) is 5.65. The van der Waals surface area contributed by atoms with Gasteiger partial charge in [0.2, 0.25) is 0 Å². The molecule has 0 bridgehead atoms. The fraction of sp³-hybridized carbons (Fsp3) is 0.533. The molecule has 3 N–H and O–H groups in total. The minimum atomic E-state index is -0.577. The number of halogens is 2. The van der Waals surface area contributed by atoms with Gasteiger partial charge in [0.25, 0.3) is 0 Å². The number of benzene rings is 1. The van der Waals surface area contributed by atoms with E-state index in [1.807, 2.05) is 6.92 Å². The molecule has 0 radical (unpaired) electrons. The Kier molecular flexibility index (Phi) is 4.77. The van der Waals surface area contributed by atoms with Crippen molar-refractivity contribution in [2.24, 2.45) is 5.92 Å². The van der Waals surface area contributed by atoms with Gasteiger partial charge in [-0.05, 0) is 31.4 Å². The summed E-state index contributed by atoms with van der Waals surface area (Å²) in [4.78, 5) is 11.8. The van der Waals surface area contributed by atoms with Gasteiger partial charge in [-0.25, -0.2) is 13.6 Å². The summed E-state index contributed by atoms with van der Waals surface area (Å²) >= 11 is 0. The molecule has 21 heavy (non-hydrogen) atoms. The smallest absolute Gasteiger partial charge is 0.315 e. The molecule has 1 fully saturated rings. The summed E-state index contributed by atoms with van der Waals surface area (Å²) in [7, 11) is 0. The van der Waals surface area contributed by atoms with Crippen molar-refractivity contribution in [3.8, 4) is 0 Å². The van der Waals surface area contributed by atoms with E-state index >= 15 is 0 Å². The maximum absolute atomic E-state index is 13.6. The van der Waals surface area contributed by atoms with Gasteiger partial charge in [0.15, 0.2) is 0 Å². The Bertz CT molecular complexity index is 504. The van der Waals surface area contributed by atoms with Crippen LogP contribution < -0.4 is 10.6 Å². The van der Waals surface area contributed by atoms with Crippen LogP contribution in [0.15, 0.2) is 18.2 Å². The molecule has 2 rings (SSSR count). The third-order valence-electron chi connectivity index (χ3n) is 3.98. The molecule has 0 saturated heterocycles. The van der Waals surface area contributed by atoms with Crippen LogP contribution in [0.3, 0.4) is 0 Å². The first kappa shape index (κ1) is 15.7. The standard InChI is InChI=1S/C15H20F2N2O2/c1-8(7-20)9(2)18-15(21)19-13-6-10(13)14-11(16)4-3-5-12(14)17/h3-5,8-10,13,20H,6-7H2,1-2H3,(H2,18,19,21). The van der Waals surface area contributed by atoms with Crippen molar-refractivity contribution in [2.45, 2.75) is 38.3 Å². The molecule has 1 aromatic rings. The van der Waals surface area contributed by atoms with Crippen LogP contribution in [0.2, 0.25) is 0 Å². The Hall–Kier alpha value is -1.69. The lowest BCUT2D eigenvalue weighted by molar-refractivity contribution is 0.200. The predicted molar refractivity (Wildman–Crippen MR) is 74.9 cm³/mol. The van der Waals surface area contributed by atoms with Gasteiger partial charge in [-0.3, -0.25) is 0 Å². The molecule has 0 spiro atoms. The lowest BCUT2D eigenvalue weighted by atomic mass is 10.1. The Morgan fingerprint density at radius 3 is 2.57 bits per heavy atom. The minimum absolute atomic E-state index is 0.0199. The van der Waals surface area contributed by atoms with Gasteiger partial charge < -0.3 is 15.7 Å². The number of hydrogen-bond donors (Lipinski definition) is 3. The SMILES string of the molecule is CC(CO)C(C)NC(=O)NC1CC1c1c(F)cccc1F. The van der Waals surface area contributed by atoms with E-state index in [0.29, 0.717) is 6.42 Å². The molecular formula is C15H20F2N2O2. The molecule has 6 heteroatoms. The van der Waals surface area contributed by atoms with Crippen molar-refractivity contribution in [1.82, 2.24) is 10.6 Å². The van der Waals surface area contributed by atoms with Crippen LogP contribution in [0.25, 0.3) is 0 Å². The van der Waals surface area contributed by atoms with Gasteiger partial charge in [0, 0.05) is 30.2 Å². The van der Waals surface area contributed by atoms with Gasteiger partial charge >= 0.3 is 6.03 Å². The number of carbonyl (C=O) groups is 1. The van der Waals surface area contributed by atoms with E-state index < -0.39 is 11.6 Å². The number of nitrogens with one attached hydrogen (secondary N) is 2. The van der Waals surface area contributed by atoms with Crippen molar-refractivity contribution >= 4 is 6.03 Å². The van der Waals surface area contributed by atoms with E-state index in [1.54, 1.807) is 6.92 Å². The molecular weight excluding hydrogens is 278 g/mol. The van der Waals surface area contributed by atoms with Crippen LogP contribution in [-0.4, -0.2) is 29.8 Å². The molecule has 1 aliphatic rings. The lowest BCUT2D eigenvalue weighted by Gasteiger charge is -2.19. The summed E-state index contributed by atoms with van der Waals surface area (Å²) in [5.41, 5.74) is 0.0413. The van der Waals surface area contributed by atoms with Gasteiger partial charge in [0.1, 0.15) is 11.6 Å². The van der Waals surface area contributed by atoms with Gasteiger partial charge in [-0.15, -0.1) is 0 Å². The average Bonchev–Trinajstić information content (AvgIpc) is 3.16. The number of urea groups is 1. The molecule has 4 nitrogen and oxygen atoms in total. The van der Waals surface area contributed by atoms with Crippen LogP contribution in [0, 0.1) is 17.6 Å². The molecule has 1 saturated carbocycles. The summed E-state index contributed by atoms with van der Waals surface area (Å²) in [6.45, 7) is 3.59. The van der Waals surface area contributed by atoms with E-state index in [1.165, 1.54) is 18.2 Å². The maximum Gasteiger partial charge on any atom is 0.315 e. The first-order valence-corrected chi connectivity index (χ1v) is 7.05. The summed E-state index contributed by atoms with van der Waals surface area (Å²) < 4.78 is 27.2. The van der Waals surface area contributed by atoms with Crippen molar-refractivity contribution in [2.75, 3.05) is 6.61 Å². The van der Waals surface area contributed by atoms with Gasteiger partial charge in [0.05, 0.1) is 0 Å². The number of hydrogen-bond acceptors (Lipinski definition) is 2. The summed E-state index contributed by atoms with van der Waals surface area (Å²) in [5.74, 6) is -1.53. The molecule has 1 aliphatic carbocycles. The summed E-state index contributed by atoms with van der Waals surface area (Å²) in [6, 6.07) is 2.94. The zero-order valence-corrected chi connectivity index (χ0v) is 12.1. The molecule has 2 amide bonds.